The van der Waals surface area contributed by atoms with Gasteiger partial charge < -0.3 is 5.32 Å². The number of hydrogen-bond acceptors (Lipinski definition) is 3. The van der Waals surface area contributed by atoms with E-state index in [0.717, 1.165) is 16.6 Å². The van der Waals surface area contributed by atoms with Gasteiger partial charge >= 0.3 is 0 Å². The molecule has 0 saturated carbocycles. The van der Waals surface area contributed by atoms with Gasteiger partial charge in [-0.3, -0.25) is 9.10 Å². The van der Waals surface area contributed by atoms with Crippen molar-refractivity contribution in [2.24, 2.45) is 5.92 Å². The molecule has 5 nitrogen and oxygen atoms in total. The molecular weight excluding hydrogens is 331 g/mol. The third-order valence-electron chi connectivity index (χ3n) is 2.82. The van der Waals surface area contributed by atoms with E-state index in [0.29, 0.717) is 6.42 Å². The smallest absolute Gasteiger partial charge is 0.232 e. The van der Waals surface area contributed by atoms with E-state index in [4.69, 9.17) is 11.6 Å². The highest BCUT2D eigenvalue weighted by atomic mass is 35.5. The minimum Gasteiger partial charge on any atom is -0.354 e. The molecule has 22 heavy (non-hydrogen) atoms. The van der Waals surface area contributed by atoms with Gasteiger partial charge in [0.05, 0.1) is 23.5 Å². The Labute approximate surface area is 135 Å². The van der Waals surface area contributed by atoms with E-state index in [1.54, 1.807) is 0 Å². The monoisotopic (exact) mass is 350 g/mol. The number of nitrogens with one attached hydrogen (secondary N) is 1. The second kappa shape index (κ2) is 7.78. The summed E-state index contributed by atoms with van der Waals surface area (Å²) in [6, 6.07) is 3.68. The fourth-order valence-electron chi connectivity index (χ4n) is 1.87. The molecule has 0 atom stereocenters. The maximum atomic E-state index is 13.2. The van der Waals surface area contributed by atoms with E-state index in [9.17, 15) is 17.6 Å². The number of benzene rings is 1. The first-order valence-corrected chi connectivity index (χ1v) is 9.03. The number of rotatable bonds is 7. The maximum Gasteiger partial charge on any atom is 0.232 e. The van der Waals surface area contributed by atoms with Gasteiger partial charge in [0.25, 0.3) is 0 Å². The van der Waals surface area contributed by atoms with Gasteiger partial charge in [-0.05, 0) is 24.1 Å². The number of carbonyl (C=O) groups is 1. The first-order chi connectivity index (χ1) is 10.1. The lowest BCUT2D eigenvalue weighted by Crippen LogP contribution is -2.38. The Balaban J connectivity index is 2.79. The van der Waals surface area contributed by atoms with Gasteiger partial charge in [0.2, 0.25) is 15.9 Å². The standard InChI is InChI=1S/C14H20ClFN2O3S/c1-10(2)8-14(19)17-6-7-18(22(3,20)21)11-4-5-13(16)12(15)9-11/h4-5,9-10H,6-8H2,1-3H3,(H,17,19). The second-order valence-electron chi connectivity index (χ2n) is 5.38. The molecule has 0 bridgehead atoms. The number of hydrogen-bond donors (Lipinski definition) is 1. The van der Waals surface area contributed by atoms with Gasteiger partial charge in [0, 0.05) is 13.0 Å². The molecule has 0 fully saturated rings. The van der Waals surface area contributed by atoms with E-state index in [2.05, 4.69) is 5.32 Å². The quantitative estimate of drug-likeness (QED) is 0.821. The molecule has 0 heterocycles. The minimum atomic E-state index is -3.57. The molecule has 0 unspecified atom stereocenters. The summed E-state index contributed by atoms with van der Waals surface area (Å²) < 4.78 is 38.0. The Morgan fingerprint density at radius 2 is 2.05 bits per heavy atom. The predicted octanol–water partition coefficient (Wildman–Crippen LogP) is 2.41. The average molecular weight is 351 g/mol. The van der Waals surface area contributed by atoms with Crippen molar-refractivity contribution in [1.29, 1.82) is 0 Å². The molecule has 1 aromatic carbocycles. The van der Waals surface area contributed by atoms with Crippen LogP contribution in [0.3, 0.4) is 0 Å². The van der Waals surface area contributed by atoms with Gasteiger partial charge in [-0.15, -0.1) is 0 Å². The summed E-state index contributed by atoms with van der Waals surface area (Å²) in [6.45, 7) is 4.05. The van der Waals surface area contributed by atoms with Crippen molar-refractivity contribution in [3.05, 3.63) is 29.0 Å². The van der Waals surface area contributed by atoms with E-state index < -0.39 is 15.8 Å². The largest absolute Gasteiger partial charge is 0.354 e. The van der Waals surface area contributed by atoms with Crippen molar-refractivity contribution in [2.75, 3.05) is 23.7 Å². The summed E-state index contributed by atoms with van der Waals surface area (Å²) in [5, 5.41) is 2.50. The van der Waals surface area contributed by atoms with E-state index in [1.165, 1.54) is 12.1 Å². The van der Waals surface area contributed by atoms with Crippen LogP contribution in [0.5, 0.6) is 0 Å². The lowest BCUT2D eigenvalue weighted by Gasteiger charge is -2.23. The zero-order valence-electron chi connectivity index (χ0n) is 12.8. The Kier molecular flexibility index (Phi) is 6.62. The topological polar surface area (TPSA) is 66.5 Å². The van der Waals surface area contributed by atoms with Crippen LogP contribution in [-0.2, 0) is 14.8 Å². The van der Waals surface area contributed by atoms with E-state index in [-0.39, 0.29) is 35.6 Å². The van der Waals surface area contributed by atoms with Gasteiger partial charge in [-0.1, -0.05) is 25.4 Å². The lowest BCUT2D eigenvalue weighted by atomic mass is 10.1. The molecule has 0 aliphatic rings. The van der Waals surface area contributed by atoms with Crippen LogP contribution in [0.15, 0.2) is 18.2 Å². The Morgan fingerprint density at radius 3 is 2.55 bits per heavy atom. The van der Waals surface area contributed by atoms with Crippen LogP contribution < -0.4 is 9.62 Å². The summed E-state index contributed by atoms with van der Waals surface area (Å²) in [5.41, 5.74) is 0.256. The third-order valence-corrected chi connectivity index (χ3v) is 4.31. The number of sulfonamides is 1. The van der Waals surface area contributed by atoms with Crippen molar-refractivity contribution in [3.8, 4) is 0 Å². The number of carbonyl (C=O) groups excluding carboxylic acids is 1. The average Bonchev–Trinajstić information content (AvgIpc) is 2.36. The molecular formula is C14H20ClFN2O3S. The molecule has 0 radical (unpaired) electrons. The molecule has 1 rings (SSSR count). The first-order valence-electron chi connectivity index (χ1n) is 6.80. The van der Waals surface area contributed by atoms with Crippen molar-refractivity contribution in [1.82, 2.24) is 5.32 Å². The van der Waals surface area contributed by atoms with Crippen LogP contribution in [0.2, 0.25) is 5.02 Å². The van der Waals surface area contributed by atoms with Crippen LogP contribution in [0.4, 0.5) is 10.1 Å². The van der Waals surface area contributed by atoms with Crippen molar-refractivity contribution >= 4 is 33.2 Å². The second-order valence-corrected chi connectivity index (χ2v) is 7.70. The fraction of sp³-hybridized carbons (Fsp3) is 0.500. The van der Waals surface area contributed by atoms with Crippen molar-refractivity contribution < 1.29 is 17.6 Å². The molecule has 8 heteroatoms. The molecule has 1 N–H and O–H groups in total. The number of halogens is 2. The molecule has 0 spiro atoms. The van der Waals surface area contributed by atoms with Crippen LogP contribution in [0, 0.1) is 11.7 Å². The molecule has 0 saturated heterocycles. The Bertz CT molecular complexity index is 635. The normalized spacial score (nSPS) is 11.5. The highest BCUT2D eigenvalue weighted by Crippen LogP contribution is 2.24. The van der Waals surface area contributed by atoms with Gasteiger partial charge in [0.15, 0.2) is 0 Å². The molecule has 1 amide bonds. The SMILES string of the molecule is CC(C)CC(=O)NCCN(c1ccc(F)c(Cl)c1)S(C)(=O)=O. The zero-order chi connectivity index (χ0) is 16.9. The fourth-order valence-corrected chi connectivity index (χ4v) is 2.96. The summed E-state index contributed by atoms with van der Waals surface area (Å²) in [7, 11) is -3.57. The van der Waals surface area contributed by atoms with Crippen molar-refractivity contribution in [3.63, 3.8) is 0 Å². The minimum absolute atomic E-state index is 0.0463. The maximum absolute atomic E-state index is 13.2. The van der Waals surface area contributed by atoms with Crippen LogP contribution in [-0.4, -0.2) is 33.7 Å². The highest BCUT2D eigenvalue weighted by Gasteiger charge is 2.18. The number of anilines is 1. The third kappa shape index (κ3) is 5.81. The molecule has 124 valence electrons. The van der Waals surface area contributed by atoms with E-state index in [1.807, 2.05) is 13.8 Å². The van der Waals surface area contributed by atoms with Gasteiger partial charge in [-0.25, -0.2) is 12.8 Å². The lowest BCUT2D eigenvalue weighted by molar-refractivity contribution is -0.121. The molecule has 1 aromatic rings. The van der Waals surface area contributed by atoms with Crippen molar-refractivity contribution in [2.45, 2.75) is 20.3 Å². The molecule has 0 aliphatic heterocycles. The van der Waals surface area contributed by atoms with Crippen LogP contribution >= 0.6 is 11.6 Å². The summed E-state index contributed by atoms with van der Waals surface area (Å²) in [4.78, 5) is 11.6. The molecule has 0 aliphatic carbocycles. The van der Waals surface area contributed by atoms with Crippen LogP contribution in [0.1, 0.15) is 20.3 Å². The predicted molar refractivity (Wildman–Crippen MR) is 86.1 cm³/mol. The Hall–Kier alpha value is -1.34. The highest BCUT2D eigenvalue weighted by molar-refractivity contribution is 7.92. The summed E-state index contributed by atoms with van der Waals surface area (Å²) >= 11 is 5.68. The Morgan fingerprint density at radius 1 is 1.41 bits per heavy atom. The number of amides is 1. The van der Waals surface area contributed by atoms with Gasteiger partial charge in [0.1, 0.15) is 5.82 Å². The summed E-state index contributed by atoms with van der Waals surface area (Å²) in [5.74, 6) is -0.536. The van der Waals surface area contributed by atoms with E-state index >= 15 is 0 Å². The van der Waals surface area contributed by atoms with Crippen LogP contribution in [0.25, 0.3) is 0 Å². The first kappa shape index (κ1) is 18.7. The number of nitrogens with zero attached hydrogens (tertiary/aromatic N) is 1. The summed E-state index contributed by atoms with van der Waals surface area (Å²) in [6.07, 6.45) is 1.42. The molecule has 0 aromatic heterocycles. The zero-order valence-corrected chi connectivity index (χ0v) is 14.3. The van der Waals surface area contributed by atoms with Gasteiger partial charge in [-0.2, -0.15) is 0 Å².